The van der Waals surface area contributed by atoms with Crippen LogP contribution in [0.1, 0.15) is 33.6 Å². The van der Waals surface area contributed by atoms with Crippen molar-refractivity contribution in [3.8, 4) is 0 Å². The van der Waals surface area contributed by atoms with Crippen molar-refractivity contribution < 1.29 is 12.8 Å². The van der Waals surface area contributed by atoms with Gasteiger partial charge in [-0.05, 0) is 47.3 Å². The molecule has 3 N–H and O–H groups in total. The van der Waals surface area contributed by atoms with Gasteiger partial charge in [0.2, 0.25) is 10.0 Å². The number of hydrogen-bond acceptors (Lipinski definition) is 3. The number of nitrogens with one attached hydrogen (secondary N) is 1. The predicted molar refractivity (Wildman–Crippen MR) is 82.4 cm³/mol. The molecule has 0 bridgehead atoms. The average molecular weight is 367 g/mol. The fraction of sp³-hybridized carbons (Fsp3) is 0.538. The first kappa shape index (κ1) is 17.4. The van der Waals surface area contributed by atoms with Crippen molar-refractivity contribution in [1.29, 1.82) is 0 Å². The second kappa shape index (κ2) is 6.87. The van der Waals surface area contributed by atoms with E-state index >= 15 is 0 Å². The van der Waals surface area contributed by atoms with Gasteiger partial charge in [0.1, 0.15) is 10.7 Å². The second-order valence-corrected chi connectivity index (χ2v) is 7.61. The Morgan fingerprint density at radius 1 is 1.40 bits per heavy atom. The maximum atomic E-state index is 13.3. The lowest BCUT2D eigenvalue weighted by Gasteiger charge is -2.18. The van der Waals surface area contributed by atoms with E-state index in [4.69, 9.17) is 5.73 Å². The first-order chi connectivity index (χ1) is 9.17. The molecular weight excluding hydrogens is 347 g/mol. The number of halogens is 2. The van der Waals surface area contributed by atoms with Crippen LogP contribution in [-0.4, -0.2) is 14.5 Å². The maximum Gasteiger partial charge on any atom is 0.242 e. The van der Waals surface area contributed by atoms with Gasteiger partial charge in [-0.25, -0.2) is 17.5 Å². The number of nitrogens with two attached hydrogens (primary N) is 1. The summed E-state index contributed by atoms with van der Waals surface area (Å²) in [5.41, 5.74) is 5.50. The highest BCUT2D eigenvalue weighted by Gasteiger charge is 2.22. The minimum absolute atomic E-state index is 0.0710. The number of nitrogen functional groups attached to an aromatic ring is 1. The van der Waals surface area contributed by atoms with Gasteiger partial charge in [-0.2, -0.15) is 0 Å². The quantitative estimate of drug-likeness (QED) is 0.758. The van der Waals surface area contributed by atoms with Crippen molar-refractivity contribution in [3.63, 3.8) is 0 Å². The molecule has 2 atom stereocenters. The Bertz CT molecular complexity index is 578. The van der Waals surface area contributed by atoms with Crippen LogP contribution in [0.3, 0.4) is 0 Å². The molecule has 1 aromatic carbocycles. The molecule has 2 unspecified atom stereocenters. The normalized spacial score (nSPS) is 15.1. The highest BCUT2D eigenvalue weighted by molar-refractivity contribution is 9.10. The van der Waals surface area contributed by atoms with Gasteiger partial charge in [-0.3, -0.25) is 0 Å². The molecule has 0 saturated carbocycles. The summed E-state index contributed by atoms with van der Waals surface area (Å²) in [5, 5.41) is 0. The molecule has 4 nitrogen and oxygen atoms in total. The van der Waals surface area contributed by atoms with Crippen LogP contribution in [0, 0.1) is 11.7 Å². The second-order valence-electron chi connectivity index (χ2n) is 5.08. The zero-order chi connectivity index (χ0) is 15.5. The van der Waals surface area contributed by atoms with Gasteiger partial charge in [0, 0.05) is 6.04 Å². The van der Waals surface area contributed by atoms with Crippen LogP contribution >= 0.6 is 15.9 Å². The molecule has 0 fully saturated rings. The molecular formula is C13H20BrFN2O2S. The summed E-state index contributed by atoms with van der Waals surface area (Å²) in [6, 6.07) is 1.97. The van der Waals surface area contributed by atoms with Gasteiger partial charge >= 0.3 is 0 Å². The summed E-state index contributed by atoms with van der Waals surface area (Å²) < 4.78 is 40.5. The van der Waals surface area contributed by atoms with Crippen LogP contribution in [0.4, 0.5) is 10.1 Å². The van der Waals surface area contributed by atoms with Crippen LogP contribution in [0.25, 0.3) is 0 Å². The third-order valence-electron chi connectivity index (χ3n) is 3.15. The van der Waals surface area contributed by atoms with Gasteiger partial charge in [0.15, 0.2) is 0 Å². The van der Waals surface area contributed by atoms with E-state index in [1.165, 1.54) is 6.07 Å². The Balaban J connectivity index is 2.97. The standard InChI is InChI=1S/C13H20BrFN2O2S/c1-4-8(2)5-9(3)17-20(18,19)13-6-10(14)11(15)7-12(13)16/h6-9,17H,4-5,16H2,1-3H3. The maximum absolute atomic E-state index is 13.3. The largest absolute Gasteiger partial charge is 0.398 e. The van der Waals surface area contributed by atoms with E-state index in [0.717, 1.165) is 18.9 Å². The SMILES string of the molecule is CCC(C)CC(C)NS(=O)(=O)c1cc(Br)c(F)cc1N. The number of hydrogen-bond donors (Lipinski definition) is 2. The Morgan fingerprint density at radius 2 is 2.00 bits per heavy atom. The van der Waals surface area contributed by atoms with E-state index < -0.39 is 15.8 Å². The Hall–Kier alpha value is -0.660. The third kappa shape index (κ3) is 4.43. The first-order valence-corrected chi connectivity index (χ1v) is 8.71. The van der Waals surface area contributed by atoms with Crippen LogP contribution < -0.4 is 10.5 Å². The van der Waals surface area contributed by atoms with E-state index in [1.54, 1.807) is 6.92 Å². The summed E-state index contributed by atoms with van der Waals surface area (Å²) in [7, 11) is -3.75. The fourth-order valence-corrected chi connectivity index (χ4v) is 3.81. The van der Waals surface area contributed by atoms with Gasteiger partial charge in [-0.15, -0.1) is 0 Å². The summed E-state index contributed by atoms with van der Waals surface area (Å²) in [5.74, 6) is -0.167. The molecule has 114 valence electrons. The topological polar surface area (TPSA) is 72.2 Å². The summed E-state index contributed by atoms with van der Waals surface area (Å²) in [6.07, 6.45) is 1.72. The van der Waals surface area contributed by atoms with E-state index in [1.807, 2.05) is 0 Å². The van der Waals surface area contributed by atoms with Gasteiger partial charge in [0.25, 0.3) is 0 Å². The number of sulfonamides is 1. The Labute approximate surface area is 128 Å². The number of anilines is 1. The van der Waals surface area contributed by atoms with Crippen LogP contribution in [0.5, 0.6) is 0 Å². The van der Waals surface area contributed by atoms with Crippen LogP contribution in [0.2, 0.25) is 0 Å². The Kier molecular flexibility index (Phi) is 5.97. The first-order valence-electron chi connectivity index (χ1n) is 6.44. The highest BCUT2D eigenvalue weighted by Crippen LogP contribution is 2.26. The van der Waals surface area contributed by atoms with Crippen molar-refractivity contribution in [3.05, 3.63) is 22.4 Å². The third-order valence-corrected chi connectivity index (χ3v) is 5.40. The summed E-state index contributed by atoms with van der Waals surface area (Å²) >= 11 is 2.97. The van der Waals surface area contributed by atoms with Crippen molar-refractivity contribution in [2.45, 2.75) is 44.6 Å². The van der Waals surface area contributed by atoms with E-state index in [2.05, 4.69) is 34.5 Å². The van der Waals surface area contributed by atoms with Crippen molar-refractivity contribution in [2.75, 3.05) is 5.73 Å². The van der Waals surface area contributed by atoms with Gasteiger partial charge < -0.3 is 5.73 Å². The van der Waals surface area contributed by atoms with Crippen LogP contribution in [0.15, 0.2) is 21.5 Å². The monoisotopic (exact) mass is 366 g/mol. The van der Waals surface area contributed by atoms with E-state index in [-0.39, 0.29) is 21.1 Å². The van der Waals surface area contributed by atoms with Gasteiger partial charge in [-0.1, -0.05) is 20.3 Å². The lowest BCUT2D eigenvalue weighted by atomic mass is 10.0. The molecule has 1 aromatic rings. The molecule has 0 radical (unpaired) electrons. The number of rotatable bonds is 6. The zero-order valence-corrected chi connectivity index (χ0v) is 14.2. The van der Waals surface area contributed by atoms with Crippen LogP contribution in [-0.2, 0) is 10.0 Å². The molecule has 0 aliphatic rings. The molecule has 0 aromatic heterocycles. The molecule has 0 amide bonds. The number of benzene rings is 1. The molecule has 0 spiro atoms. The Morgan fingerprint density at radius 3 is 2.55 bits per heavy atom. The molecule has 0 aliphatic heterocycles. The minimum atomic E-state index is -3.75. The zero-order valence-electron chi connectivity index (χ0n) is 11.8. The lowest BCUT2D eigenvalue weighted by molar-refractivity contribution is 0.445. The molecule has 0 heterocycles. The molecule has 7 heteroatoms. The van der Waals surface area contributed by atoms with Crippen molar-refractivity contribution in [2.24, 2.45) is 5.92 Å². The van der Waals surface area contributed by atoms with Gasteiger partial charge in [0.05, 0.1) is 10.2 Å². The molecule has 1 rings (SSSR count). The van der Waals surface area contributed by atoms with Crippen molar-refractivity contribution >= 4 is 31.6 Å². The molecule has 20 heavy (non-hydrogen) atoms. The lowest BCUT2D eigenvalue weighted by Crippen LogP contribution is -2.34. The smallest absolute Gasteiger partial charge is 0.242 e. The fourth-order valence-electron chi connectivity index (χ4n) is 1.92. The van der Waals surface area contributed by atoms with E-state index in [9.17, 15) is 12.8 Å². The highest BCUT2D eigenvalue weighted by atomic mass is 79.9. The average Bonchev–Trinajstić information content (AvgIpc) is 2.32. The van der Waals surface area contributed by atoms with Crippen molar-refractivity contribution in [1.82, 2.24) is 4.72 Å². The molecule has 0 saturated heterocycles. The van der Waals surface area contributed by atoms with E-state index in [0.29, 0.717) is 5.92 Å². The summed E-state index contributed by atoms with van der Waals surface area (Å²) in [6.45, 7) is 5.92. The molecule has 0 aliphatic carbocycles. The minimum Gasteiger partial charge on any atom is -0.398 e. The predicted octanol–water partition coefficient (Wildman–Crippen LogP) is 3.27. The summed E-state index contributed by atoms with van der Waals surface area (Å²) in [4.78, 5) is -0.109.